The molecule has 0 aliphatic rings. The highest BCUT2D eigenvalue weighted by Crippen LogP contribution is 2.43. The summed E-state index contributed by atoms with van der Waals surface area (Å²) in [6.07, 6.45) is 7.34. The molecule has 0 aliphatic carbocycles. The van der Waals surface area contributed by atoms with E-state index in [0.29, 0.717) is 0 Å². The van der Waals surface area contributed by atoms with E-state index in [2.05, 4.69) is 171 Å². The Bertz CT molecular complexity index is 3310. The van der Waals surface area contributed by atoms with Crippen LogP contribution in [0.4, 0.5) is 0 Å². The average Bonchev–Trinajstić information content (AvgIpc) is 3.91. The second kappa shape index (κ2) is 11.9. The monoisotopic (exact) mass is 713 g/mol. The van der Waals surface area contributed by atoms with Gasteiger partial charge in [0, 0.05) is 73.9 Å². The van der Waals surface area contributed by atoms with E-state index in [-0.39, 0.29) is 0 Å². The SMILES string of the molecule is c1ccc(-n2c3ccc(-c4cc(-c5cccnc5)nc(-c5cccnc5)c4)cc3c3cc(-c4cc5c6ccccc6n6c7ccccc7c(c4)c56)ccc32)cc1. The highest BCUT2D eigenvalue weighted by Gasteiger charge is 2.20. The predicted octanol–water partition coefficient (Wildman–Crippen LogP) is 12.8. The third-order valence-corrected chi connectivity index (χ3v) is 11.4. The lowest BCUT2D eigenvalue weighted by Gasteiger charge is -2.11. The Labute approximate surface area is 321 Å². The average molecular weight is 714 g/mol. The van der Waals surface area contributed by atoms with Crippen molar-refractivity contribution in [3.05, 3.63) is 189 Å². The first-order valence-corrected chi connectivity index (χ1v) is 18.9. The van der Waals surface area contributed by atoms with E-state index in [1.54, 1.807) is 12.4 Å². The zero-order valence-corrected chi connectivity index (χ0v) is 30.1. The molecule has 0 bridgehead atoms. The van der Waals surface area contributed by atoms with Gasteiger partial charge in [0.15, 0.2) is 0 Å². The van der Waals surface area contributed by atoms with E-state index in [4.69, 9.17) is 4.98 Å². The standard InChI is InChI=1S/C51H31N5/c1-2-12-38(13-3-1)55-49-20-18-32(36-26-43-39-14-4-6-16-47(39)56-48-17-7-5-15-40(48)44(27-36)51(43)56)24-41(49)42-25-33(19-21-50(42)55)37-28-45(34-10-8-22-52-30-34)54-46(29-37)35-11-9-23-53-31-35/h1-31H. The number of aromatic nitrogens is 5. The van der Waals surface area contributed by atoms with Gasteiger partial charge in [0.2, 0.25) is 0 Å². The summed E-state index contributed by atoms with van der Waals surface area (Å²) in [5.74, 6) is 0. The summed E-state index contributed by atoms with van der Waals surface area (Å²) in [5.41, 5.74) is 15.5. The van der Waals surface area contributed by atoms with Crippen molar-refractivity contribution in [2.45, 2.75) is 0 Å². The molecule has 0 aliphatic heterocycles. The maximum Gasteiger partial charge on any atom is 0.0731 e. The van der Waals surface area contributed by atoms with Crippen molar-refractivity contribution in [3.63, 3.8) is 0 Å². The van der Waals surface area contributed by atoms with Crippen LogP contribution in [0, 0.1) is 0 Å². The summed E-state index contributed by atoms with van der Waals surface area (Å²) in [6.45, 7) is 0. The second-order valence-corrected chi connectivity index (χ2v) is 14.5. The predicted molar refractivity (Wildman–Crippen MR) is 231 cm³/mol. The molecular weight excluding hydrogens is 683 g/mol. The molecule has 12 rings (SSSR count). The maximum absolute atomic E-state index is 5.08. The lowest BCUT2D eigenvalue weighted by atomic mass is 9.97. The van der Waals surface area contributed by atoms with Gasteiger partial charge < -0.3 is 8.97 Å². The van der Waals surface area contributed by atoms with E-state index >= 15 is 0 Å². The first-order valence-electron chi connectivity index (χ1n) is 18.9. The van der Waals surface area contributed by atoms with Crippen LogP contribution in [0.3, 0.4) is 0 Å². The van der Waals surface area contributed by atoms with Gasteiger partial charge in [0.1, 0.15) is 0 Å². The van der Waals surface area contributed by atoms with E-state index in [1.165, 1.54) is 65.5 Å². The van der Waals surface area contributed by atoms with E-state index in [0.717, 1.165) is 44.8 Å². The van der Waals surface area contributed by atoms with Gasteiger partial charge in [0.05, 0.1) is 39.0 Å². The van der Waals surface area contributed by atoms with Crippen molar-refractivity contribution in [2.24, 2.45) is 0 Å². The fourth-order valence-electron chi connectivity index (χ4n) is 8.88. The summed E-state index contributed by atoms with van der Waals surface area (Å²) in [6, 6.07) is 59.2. The minimum atomic E-state index is 0.870. The highest BCUT2D eigenvalue weighted by atomic mass is 15.0. The van der Waals surface area contributed by atoms with Crippen molar-refractivity contribution in [3.8, 4) is 50.5 Å². The fraction of sp³-hybridized carbons (Fsp3) is 0. The molecule has 5 nitrogen and oxygen atoms in total. The third kappa shape index (κ3) is 4.58. The second-order valence-electron chi connectivity index (χ2n) is 14.5. The normalized spacial score (nSPS) is 11.9. The Morgan fingerprint density at radius 1 is 0.339 bits per heavy atom. The minimum absolute atomic E-state index is 0.870. The molecule has 12 aromatic rings. The maximum atomic E-state index is 5.08. The summed E-state index contributed by atoms with van der Waals surface area (Å²) < 4.78 is 4.83. The zero-order chi connectivity index (χ0) is 36.7. The molecule has 5 heteroatoms. The molecular formula is C51H31N5. The molecule has 260 valence electrons. The van der Waals surface area contributed by atoms with Crippen molar-refractivity contribution >= 4 is 59.9 Å². The Kier molecular flexibility index (Phi) is 6.56. The van der Waals surface area contributed by atoms with Gasteiger partial charge >= 0.3 is 0 Å². The van der Waals surface area contributed by atoms with E-state index < -0.39 is 0 Å². The smallest absolute Gasteiger partial charge is 0.0731 e. The largest absolute Gasteiger partial charge is 0.309 e. The lowest BCUT2D eigenvalue weighted by molar-refractivity contribution is 1.18. The van der Waals surface area contributed by atoms with Crippen LogP contribution >= 0.6 is 0 Å². The van der Waals surface area contributed by atoms with Crippen LogP contribution < -0.4 is 0 Å². The molecule has 6 heterocycles. The molecule has 0 unspecified atom stereocenters. The van der Waals surface area contributed by atoms with Gasteiger partial charge in [-0.3, -0.25) is 9.97 Å². The van der Waals surface area contributed by atoms with Crippen molar-refractivity contribution < 1.29 is 0 Å². The molecule has 0 spiro atoms. The molecule has 0 atom stereocenters. The number of fused-ring (bicyclic) bond motifs is 9. The van der Waals surface area contributed by atoms with Gasteiger partial charge in [-0.25, -0.2) is 4.98 Å². The van der Waals surface area contributed by atoms with Crippen molar-refractivity contribution in [2.75, 3.05) is 0 Å². The summed E-state index contributed by atoms with van der Waals surface area (Å²) in [4.78, 5) is 13.9. The Hall–Kier alpha value is -7.63. The molecule has 6 aromatic heterocycles. The van der Waals surface area contributed by atoms with Crippen LogP contribution in [0.25, 0.3) is 110 Å². The summed E-state index contributed by atoms with van der Waals surface area (Å²) >= 11 is 0. The quantitative estimate of drug-likeness (QED) is 0.178. The molecule has 0 N–H and O–H groups in total. The number of rotatable bonds is 5. The molecule has 6 aromatic carbocycles. The molecule has 0 saturated carbocycles. The Balaban J connectivity index is 1.11. The Morgan fingerprint density at radius 2 is 0.839 bits per heavy atom. The van der Waals surface area contributed by atoms with Crippen LogP contribution in [0.15, 0.2) is 189 Å². The number of para-hydroxylation sites is 3. The van der Waals surface area contributed by atoms with Crippen LogP contribution in [0.5, 0.6) is 0 Å². The highest BCUT2D eigenvalue weighted by molar-refractivity contribution is 6.24. The number of pyridine rings is 3. The molecule has 0 saturated heterocycles. The topological polar surface area (TPSA) is 48.0 Å². The van der Waals surface area contributed by atoms with Crippen LogP contribution in [0.2, 0.25) is 0 Å². The van der Waals surface area contributed by atoms with Crippen LogP contribution in [0.1, 0.15) is 0 Å². The first kappa shape index (κ1) is 30.8. The van der Waals surface area contributed by atoms with Gasteiger partial charge in [-0.1, -0.05) is 66.7 Å². The van der Waals surface area contributed by atoms with E-state index in [1.807, 2.05) is 24.5 Å². The van der Waals surface area contributed by atoms with Gasteiger partial charge in [-0.05, 0) is 119 Å². The van der Waals surface area contributed by atoms with Crippen molar-refractivity contribution in [1.29, 1.82) is 0 Å². The lowest BCUT2D eigenvalue weighted by Crippen LogP contribution is -1.93. The van der Waals surface area contributed by atoms with Gasteiger partial charge in [-0.15, -0.1) is 0 Å². The molecule has 0 amide bonds. The van der Waals surface area contributed by atoms with Crippen molar-refractivity contribution in [1.82, 2.24) is 23.9 Å². The molecule has 0 fully saturated rings. The third-order valence-electron chi connectivity index (χ3n) is 11.4. The number of hydrogen-bond acceptors (Lipinski definition) is 3. The summed E-state index contributed by atoms with van der Waals surface area (Å²) in [5, 5.41) is 7.52. The van der Waals surface area contributed by atoms with Gasteiger partial charge in [-0.2, -0.15) is 0 Å². The molecule has 56 heavy (non-hydrogen) atoms. The molecule has 0 radical (unpaired) electrons. The van der Waals surface area contributed by atoms with E-state index in [9.17, 15) is 0 Å². The van der Waals surface area contributed by atoms with Gasteiger partial charge in [0.25, 0.3) is 0 Å². The number of hydrogen-bond donors (Lipinski definition) is 0. The zero-order valence-electron chi connectivity index (χ0n) is 30.1. The Morgan fingerprint density at radius 3 is 1.38 bits per heavy atom. The van der Waals surface area contributed by atoms with Crippen LogP contribution in [-0.4, -0.2) is 23.9 Å². The fourth-order valence-corrected chi connectivity index (χ4v) is 8.88. The van der Waals surface area contributed by atoms with Crippen LogP contribution in [-0.2, 0) is 0 Å². The first-order chi connectivity index (χ1) is 27.8. The minimum Gasteiger partial charge on any atom is -0.309 e. The number of benzene rings is 6. The summed E-state index contributed by atoms with van der Waals surface area (Å²) in [7, 11) is 0. The number of nitrogens with zero attached hydrogens (tertiary/aromatic N) is 5.